The molecular weight excluding hydrogens is 861 g/mol. The lowest BCUT2D eigenvalue weighted by Crippen LogP contribution is -2.51. The molecule has 2 aliphatic heterocycles. The Morgan fingerprint density at radius 1 is 0.515 bits per heavy atom. The fraction of sp³-hybridized carbons (Fsp3) is 0.296. The van der Waals surface area contributed by atoms with E-state index in [1.807, 2.05) is 127 Å². The van der Waals surface area contributed by atoms with Gasteiger partial charge in [-0.05, 0) is 107 Å². The Morgan fingerprint density at radius 3 is 1.43 bits per heavy atom. The fourth-order valence-electron chi connectivity index (χ4n) is 9.36. The minimum absolute atomic E-state index is 0.176. The van der Waals surface area contributed by atoms with E-state index in [2.05, 4.69) is 20.6 Å². The van der Waals surface area contributed by atoms with Crippen molar-refractivity contribution in [3.05, 3.63) is 180 Å². The standard InChI is InChI=1S/C54H56N6O8/c1-33(35-10-14-37(15-11-35)40-22-26-55-27-23-40)57-51(65)47(61)49(63)53(67)59-30-6-9-45(59)43-20-18-39(19-21-43)44-31-46(42-7-4-3-5-8-42)60(32-44)54(68)50(64)48(62)52(66)58-34(2)36-12-16-38(17-13-36)41-24-28-56-29-25-41/h3-5,7-8,10-29,33-34,44-50,61-64H,6,9,30-32H2,1-2H3,(H,57,65)(H,58,66)/t33-,34+,44?,45-,46-,47-,48-,49-,50-/m1/s1. The van der Waals surface area contributed by atoms with Gasteiger partial charge in [-0.15, -0.1) is 0 Å². The lowest BCUT2D eigenvalue weighted by Gasteiger charge is -2.29. The van der Waals surface area contributed by atoms with Gasteiger partial charge in [-0.2, -0.15) is 0 Å². The number of benzene rings is 4. The quantitative estimate of drug-likeness (QED) is 0.0738. The molecule has 2 aromatic heterocycles. The number of carbonyl (C=O) groups excluding carboxylic acids is 4. The number of nitrogens with one attached hydrogen (secondary N) is 2. The Balaban J connectivity index is 0.884. The number of nitrogens with zero attached hydrogens (tertiary/aromatic N) is 4. The molecule has 350 valence electrons. The number of aromatic nitrogens is 2. The van der Waals surface area contributed by atoms with Gasteiger partial charge in [-0.3, -0.25) is 29.1 Å². The summed E-state index contributed by atoms with van der Waals surface area (Å²) in [5.74, 6) is -3.43. The van der Waals surface area contributed by atoms with E-state index in [0.29, 0.717) is 25.8 Å². The highest BCUT2D eigenvalue weighted by Gasteiger charge is 2.43. The summed E-state index contributed by atoms with van der Waals surface area (Å²) >= 11 is 0. The first-order valence-electron chi connectivity index (χ1n) is 23.0. The zero-order valence-electron chi connectivity index (χ0n) is 37.9. The highest BCUT2D eigenvalue weighted by Crippen LogP contribution is 2.42. The van der Waals surface area contributed by atoms with Crippen LogP contribution in [0.2, 0.25) is 0 Å². The van der Waals surface area contributed by atoms with Gasteiger partial charge in [0, 0.05) is 43.8 Å². The monoisotopic (exact) mass is 916 g/mol. The van der Waals surface area contributed by atoms with Crippen LogP contribution < -0.4 is 10.6 Å². The number of rotatable bonds is 15. The molecule has 0 spiro atoms. The van der Waals surface area contributed by atoms with Crippen molar-refractivity contribution in [2.75, 3.05) is 13.1 Å². The zero-order valence-corrected chi connectivity index (χ0v) is 37.9. The molecule has 4 amide bonds. The van der Waals surface area contributed by atoms with Gasteiger partial charge in [0.05, 0.1) is 24.2 Å². The maximum absolute atomic E-state index is 14.1. The van der Waals surface area contributed by atoms with Crippen LogP contribution in [0.5, 0.6) is 0 Å². The average Bonchev–Trinajstić information content (AvgIpc) is 4.07. The van der Waals surface area contributed by atoms with E-state index < -0.39 is 72.2 Å². The van der Waals surface area contributed by atoms with E-state index in [1.165, 1.54) is 9.80 Å². The molecular formula is C54H56N6O8. The molecule has 8 rings (SSSR count). The van der Waals surface area contributed by atoms with Gasteiger partial charge < -0.3 is 40.9 Å². The summed E-state index contributed by atoms with van der Waals surface area (Å²) in [6.45, 7) is 4.05. The molecule has 0 bridgehead atoms. The van der Waals surface area contributed by atoms with E-state index in [1.54, 1.807) is 38.6 Å². The van der Waals surface area contributed by atoms with Crippen molar-refractivity contribution >= 4 is 23.6 Å². The number of carbonyl (C=O) groups is 4. The summed E-state index contributed by atoms with van der Waals surface area (Å²) in [5, 5.41) is 49.7. The Morgan fingerprint density at radius 2 is 0.941 bits per heavy atom. The van der Waals surface area contributed by atoms with Crippen molar-refractivity contribution in [1.82, 2.24) is 30.4 Å². The van der Waals surface area contributed by atoms with Crippen molar-refractivity contribution in [1.29, 1.82) is 0 Å². The van der Waals surface area contributed by atoms with Gasteiger partial charge in [-0.25, -0.2) is 0 Å². The van der Waals surface area contributed by atoms with Crippen LogP contribution in [0.3, 0.4) is 0 Å². The van der Waals surface area contributed by atoms with E-state index in [-0.39, 0.29) is 12.5 Å². The molecule has 4 aromatic carbocycles. The molecule has 0 saturated carbocycles. The summed E-state index contributed by atoms with van der Waals surface area (Å²) in [4.78, 5) is 65.3. The van der Waals surface area contributed by atoms with Crippen molar-refractivity contribution in [2.45, 2.75) is 87.6 Å². The highest BCUT2D eigenvalue weighted by molar-refractivity contribution is 5.92. The summed E-state index contributed by atoms with van der Waals surface area (Å²) in [5.41, 5.74) is 8.05. The first kappa shape index (κ1) is 47.4. The topological polar surface area (TPSA) is 206 Å². The predicted octanol–water partition coefficient (Wildman–Crippen LogP) is 5.73. The van der Waals surface area contributed by atoms with Gasteiger partial charge >= 0.3 is 0 Å². The summed E-state index contributed by atoms with van der Waals surface area (Å²) in [7, 11) is 0. The SMILES string of the molecule is C[C@H](NC(=O)[C@H](O)[C@@H](O)C(=O)N1CC(c2ccc([C@H]3CCCN3C(=O)[C@H](O)[C@@H](O)C(=O)N[C@H](C)c3ccc(-c4ccncc4)cc3)cc2)C[C@@H]1c1ccccc1)c1ccc(-c2ccncc2)cc1. The maximum Gasteiger partial charge on any atom is 0.255 e. The number of hydrogen-bond donors (Lipinski definition) is 6. The molecule has 68 heavy (non-hydrogen) atoms. The molecule has 2 saturated heterocycles. The third kappa shape index (κ3) is 10.5. The van der Waals surface area contributed by atoms with Crippen LogP contribution in [0, 0.1) is 0 Å². The second-order valence-corrected chi connectivity index (χ2v) is 17.7. The number of aliphatic hydroxyl groups is 4. The largest absolute Gasteiger partial charge is 0.380 e. The molecule has 6 N–H and O–H groups in total. The number of likely N-dealkylation sites (tertiary alicyclic amines) is 2. The van der Waals surface area contributed by atoms with Crippen LogP contribution in [-0.4, -0.2) is 101 Å². The second kappa shape index (κ2) is 21.2. The lowest BCUT2D eigenvalue weighted by molar-refractivity contribution is -0.154. The second-order valence-electron chi connectivity index (χ2n) is 17.7. The van der Waals surface area contributed by atoms with Crippen LogP contribution in [0.15, 0.2) is 152 Å². The Bertz CT molecular complexity index is 2660. The zero-order chi connectivity index (χ0) is 47.9. The van der Waals surface area contributed by atoms with E-state index in [9.17, 15) is 39.6 Å². The number of pyridine rings is 2. The van der Waals surface area contributed by atoms with Crippen LogP contribution in [0.25, 0.3) is 22.3 Å². The molecule has 2 aliphatic rings. The van der Waals surface area contributed by atoms with Crippen molar-refractivity contribution < 1.29 is 39.6 Å². The summed E-state index contributed by atoms with van der Waals surface area (Å²) < 4.78 is 0. The van der Waals surface area contributed by atoms with E-state index in [0.717, 1.165) is 50.1 Å². The Kier molecular flexibility index (Phi) is 14.8. The molecule has 14 heteroatoms. The predicted molar refractivity (Wildman–Crippen MR) is 255 cm³/mol. The minimum Gasteiger partial charge on any atom is -0.380 e. The number of amides is 4. The van der Waals surface area contributed by atoms with Crippen LogP contribution in [0.4, 0.5) is 0 Å². The molecule has 1 unspecified atom stereocenters. The highest BCUT2D eigenvalue weighted by atomic mass is 16.4. The molecule has 6 aromatic rings. The summed E-state index contributed by atoms with van der Waals surface area (Å²) in [6, 6.07) is 37.9. The normalized spacial score (nSPS) is 19.6. The third-order valence-electron chi connectivity index (χ3n) is 13.3. The van der Waals surface area contributed by atoms with Crippen molar-refractivity contribution in [3.8, 4) is 22.3 Å². The molecule has 4 heterocycles. The Labute approximate surface area is 395 Å². The van der Waals surface area contributed by atoms with E-state index in [4.69, 9.17) is 0 Å². The minimum atomic E-state index is -2.02. The lowest BCUT2D eigenvalue weighted by atomic mass is 9.92. The maximum atomic E-state index is 14.1. The first-order valence-corrected chi connectivity index (χ1v) is 23.0. The van der Waals surface area contributed by atoms with Gasteiger partial charge in [0.2, 0.25) is 0 Å². The van der Waals surface area contributed by atoms with Crippen LogP contribution >= 0.6 is 0 Å². The van der Waals surface area contributed by atoms with Gasteiger partial charge in [0.25, 0.3) is 23.6 Å². The van der Waals surface area contributed by atoms with Gasteiger partial charge in [0.1, 0.15) is 0 Å². The molecule has 14 nitrogen and oxygen atoms in total. The van der Waals surface area contributed by atoms with E-state index >= 15 is 0 Å². The van der Waals surface area contributed by atoms with Gasteiger partial charge in [0.15, 0.2) is 24.4 Å². The smallest absolute Gasteiger partial charge is 0.255 e. The van der Waals surface area contributed by atoms with Crippen LogP contribution in [0.1, 0.15) is 91.0 Å². The molecule has 0 radical (unpaired) electrons. The fourth-order valence-corrected chi connectivity index (χ4v) is 9.36. The average molecular weight is 917 g/mol. The van der Waals surface area contributed by atoms with Crippen LogP contribution in [-0.2, 0) is 19.2 Å². The molecule has 2 fully saturated rings. The molecule has 9 atom stereocenters. The number of hydrogen-bond acceptors (Lipinski definition) is 10. The summed E-state index contributed by atoms with van der Waals surface area (Å²) in [6.07, 6.45) is 0.599. The Hall–Kier alpha value is -7.10. The number of aliphatic hydroxyl groups excluding tert-OH is 4. The molecule has 0 aliphatic carbocycles. The third-order valence-corrected chi connectivity index (χ3v) is 13.3. The van der Waals surface area contributed by atoms with Gasteiger partial charge in [-0.1, -0.05) is 103 Å². The van der Waals surface area contributed by atoms with Crippen molar-refractivity contribution in [2.24, 2.45) is 0 Å². The van der Waals surface area contributed by atoms with Crippen molar-refractivity contribution in [3.63, 3.8) is 0 Å². The first-order chi connectivity index (χ1) is 32.9.